The summed E-state index contributed by atoms with van der Waals surface area (Å²) >= 11 is 0. The van der Waals surface area contributed by atoms with Gasteiger partial charge in [0.1, 0.15) is 5.76 Å². The quantitative estimate of drug-likeness (QED) is 0.615. The largest absolute Gasteiger partial charge is 0.467 e. The number of piperazine rings is 1. The van der Waals surface area contributed by atoms with Crippen molar-refractivity contribution in [1.29, 1.82) is 0 Å². The van der Waals surface area contributed by atoms with E-state index in [4.69, 9.17) is 9.15 Å². The van der Waals surface area contributed by atoms with Crippen LogP contribution in [0.3, 0.4) is 0 Å². The molecule has 8 heteroatoms. The van der Waals surface area contributed by atoms with Crippen LogP contribution in [-0.2, 0) is 25.7 Å². The Morgan fingerprint density at radius 3 is 2.53 bits per heavy atom. The lowest BCUT2D eigenvalue weighted by Gasteiger charge is -2.40. The molecule has 2 aliphatic rings. The number of carbonyl (C=O) groups is 3. The van der Waals surface area contributed by atoms with Crippen LogP contribution in [0, 0.1) is 5.92 Å². The molecule has 3 rings (SSSR count). The summed E-state index contributed by atoms with van der Waals surface area (Å²) < 4.78 is 10.2. The molecule has 2 heterocycles. The molecule has 1 unspecified atom stereocenters. The summed E-state index contributed by atoms with van der Waals surface area (Å²) in [5, 5.41) is 3.03. The lowest BCUT2D eigenvalue weighted by molar-refractivity contribution is -0.146. The average molecular weight is 420 g/mol. The fourth-order valence-electron chi connectivity index (χ4n) is 4.49. The fourth-order valence-corrected chi connectivity index (χ4v) is 4.49. The van der Waals surface area contributed by atoms with Crippen molar-refractivity contribution in [3.8, 4) is 0 Å². The number of carbonyl (C=O) groups excluding carboxylic acids is 3. The first-order chi connectivity index (χ1) is 14.6. The first kappa shape index (κ1) is 22.3. The number of hydrogen-bond acceptors (Lipinski definition) is 6. The molecule has 1 saturated carbocycles. The number of esters is 1. The maximum absolute atomic E-state index is 13.1. The van der Waals surface area contributed by atoms with E-state index in [1.165, 1.54) is 12.8 Å². The van der Waals surface area contributed by atoms with Crippen LogP contribution in [0.2, 0.25) is 0 Å². The summed E-state index contributed by atoms with van der Waals surface area (Å²) in [5.41, 5.74) is 0. The van der Waals surface area contributed by atoms with Gasteiger partial charge in [-0.05, 0) is 37.8 Å². The smallest absolute Gasteiger partial charge is 0.306 e. The molecule has 0 aromatic carbocycles. The van der Waals surface area contributed by atoms with Crippen LogP contribution in [0.1, 0.15) is 51.2 Å². The van der Waals surface area contributed by atoms with Crippen molar-refractivity contribution in [2.75, 3.05) is 32.8 Å². The molecule has 0 bridgehead atoms. The number of furan rings is 1. The molecular formula is C22H33N3O5. The fraction of sp³-hybridized carbons (Fsp3) is 0.682. The Morgan fingerprint density at radius 2 is 1.90 bits per heavy atom. The highest BCUT2D eigenvalue weighted by molar-refractivity contribution is 5.83. The van der Waals surface area contributed by atoms with Crippen molar-refractivity contribution in [2.24, 2.45) is 5.92 Å². The number of rotatable bonds is 9. The van der Waals surface area contributed by atoms with Crippen molar-refractivity contribution in [2.45, 2.75) is 58.0 Å². The molecule has 2 amide bonds. The molecule has 1 saturated heterocycles. The molecule has 2 fully saturated rings. The van der Waals surface area contributed by atoms with Crippen LogP contribution in [0.15, 0.2) is 22.8 Å². The number of nitrogens with zero attached hydrogens (tertiary/aromatic N) is 2. The Bertz CT molecular complexity index is 692. The Balaban J connectivity index is 1.52. The predicted octanol–water partition coefficient (Wildman–Crippen LogP) is 1.94. The predicted molar refractivity (Wildman–Crippen MR) is 110 cm³/mol. The van der Waals surface area contributed by atoms with E-state index >= 15 is 0 Å². The minimum atomic E-state index is -0.334. The van der Waals surface area contributed by atoms with Gasteiger partial charge in [0, 0.05) is 32.6 Å². The van der Waals surface area contributed by atoms with E-state index in [9.17, 15) is 14.4 Å². The van der Waals surface area contributed by atoms with Gasteiger partial charge < -0.3 is 19.4 Å². The maximum atomic E-state index is 13.1. The van der Waals surface area contributed by atoms with Crippen LogP contribution >= 0.6 is 0 Å². The Labute approximate surface area is 177 Å². The van der Waals surface area contributed by atoms with E-state index in [2.05, 4.69) is 10.2 Å². The van der Waals surface area contributed by atoms with Crippen molar-refractivity contribution in [3.63, 3.8) is 0 Å². The summed E-state index contributed by atoms with van der Waals surface area (Å²) in [6.45, 7) is 4.97. The summed E-state index contributed by atoms with van der Waals surface area (Å²) in [7, 11) is 0. The summed E-state index contributed by atoms with van der Waals surface area (Å²) in [4.78, 5) is 41.0. The zero-order valence-corrected chi connectivity index (χ0v) is 17.8. The SMILES string of the molecule is CCOC(=O)CCC(=O)N1CCN(C(C(=O)NCc2ccco2)C2CCCC2)CC1. The topological polar surface area (TPSA) is 92.1 Å². The van der Waals surface area contributed by atoms with Crippen molar-refractivity contribution >= 4 is 17.8 Å². The third-order valence-corrected chi connectivity index (χ3v) is 6.04. The standard InChI is InChI=1S/C22H33N3O5/c1-2-29-20(27)10-9-19(26)24-11-13-25(14-12-24)21(17-6-3-4-7-17)22(28)23-16-18-8-5-15-30-18/h5,8,15,17,21H,2-4,6-7,9-14,16H2,1H3,(H,23,28). The Hall–Kier alpha value is -2.35. The van der Waals surface area contributed by atoms with Gasteiger partial charge in [0.25, 0.3) is 0 Å². The minimum Gasteiger partial charge on any atom is -0.467 e. The normalized spacial score (nSPS) is 18.9. The van der Waals surface area contributed by atoms with Crippen LogP contribution < -0.4 is 5.32 Å². The number of hydrogen-bond donors (Lipinski definition) is 1. The van der Waals surface area contributed by atoms with Crippen molar-refractivity contribution in [1.82, 2.24) is 15.1 Å². The first-order valence-electron chi connectivity index (χ1n) is 11.1. The monoisotopic (exact) mass is 419 g/mol. The molecule has 1 N–H and O–H groups in total. The van der Waals surface area contributed by atoms with Gasteiger partial charge >= 0.3 is 5.97 Å². The molecule has 166 valence electrons. The average Bonchev–Trinajstić information content (AvgIpc) is 3.46. The van der Waals surface area contributed by atoms with Gasteiger partial charge in [0.15, 0.2) is 0 Å². The zero-order chi connectivity index (χ0) is 21.3. The molecule has 1 aliphatic heterocycles. The summed E-state index contributed by atoms with van der Waals surface area (Å²) in [5.74, 6) is 0.778. The Morgan fingerprint density at radius 1 is 1.17 bits per heavy atom. The molecule has 1 aliphatic carbocycles. The summed E-state index contributed by atoms with van der Waals surface area (Å²) in [6, 6.07) is 3.50. The van der Waals surface area contributed by atoms with E-state index in [0.717, 1.165) is 18.6 Å². The minimum absolute atomic E-state index is 0.0256. The highest BCUT2D eigenvalue weighted by atomic mass is 16.5. The van der Waals surface area contributed by atoms with Gasteiger partial charge in [0.05, 0.1) is 31.9 Å². The molecular weight excluding hydrogens is 386 g/mol. The first-order valence-corrected chi connectivity index (χ1v) is 11.1. The van der Waals surface area contributed by atoms with Gasteiger partial charge in [-0.1, -0.05) is 12.8 Å². The van der Waals surface area contributed by atoms with Crippen molar-refractivity contribution < 1.29 is 23.5 Å². The maximum Gasteiger partial charge on any atom is 0.306 e. The van der Waals surface area contributed by atoms with E-state index in [1.54, 1.807) is 18.1 Å². The van der Waals surface area contributed by atoms with Crippen LogP contribution in [0.25, 0.3) is 0 Å². The molecule has 1 aromatic heterocycles. The van der Waals surface area contributed by atoms with Crippen LogP contribution in [0.4, 0.5) is 0 Å². The second-order valence-electron chi connectivity index (χ2n) is 8.01. The van der Waals surface area contributed by atoms with Gasteiger partial charge in [0.2, 0.25) is 11.8 Å². The van der Waals surface area contributed by atoms with E-state index < -0.39 is 0 Å². The molecule has 8 nitrogen and oxygen atoms in total. The third kappa shape index (κ3) is 6.08. The molecule has 0 spiro atoms. The van der Waals surface area contributed by atoms with E-state index in [-0.39, 0.29) is 36.7 Å². The van der Waals surface area contributed by atoms with Crippen LogP contribution in [-0.4, -0.2) is 66.4 Å². The second-order valence-corrected chi connectivity index (χ2v) is 8.01. The van der Waals surface area contributed by atoms with Crippen molar-refractivity contribution in [3.05, 3.63) is 24.2 Å². The number of ether oxygens (including phenoxy) is 1. The third-order valence-electron chi connectivity index (χ3n) is 6.04. The number of nitrogens with one attached hydrogen (secondary N) is 1. The lowest BCUT2D eigenvalue weighted by atomic mass is 9.95. The Kier molecular flexibility index (Phi) is 8.30. The van der Waals surface area contributed by atoms with Gasteiger partial charge in [-0.15, -0.1) is 0 Å². The lowest BCUT2D eigenvalue weighted by Crippen LogP contribution is -2.57. The molecule has 0 radical (unpaired) electrons. The van der Waals surface area contributed by atoms with Gasteiger partial charge in [-0.3, -0.25) is 19.3 Å². The van der Waals surface area contributed by atoms with E-state index in [0.29, 0.717) is 45.2 Å². The van der Waals surface area contributed by atoms with Gasteiger partial charge in [-0.25, -0.2) is 0 Å². The molecule has 30 heavy (non-hydrogen) atoms. The molecule has 1 aromatic rings. The van der Waals surface area contributed by atoms with Crippen LogP contribution in [0.5, 0.6) is 0 Å². The summed E-state index contributed by atoms with van der Waals surface area (Å²) in [6.07, 6.45) is 6.36. The van der Waals surface area contributed by atoms with Gasteiger partial charge in [-0.2, -0.15) is 0 Å². The second kappa shape index (κ2) is 11.2. The molecule has 1 atom stereocenters. The van der Waals surface area contributed by atoms with E-state index in [1.807, 2.05) is 12.1 Å². The highest BCUT2D eigenvalue weighted by Gasteiger charge is 2.37. The highest BCUT2D eigenvalue weighted by Crippen LogP contribution is 2.31. The number of amides is 2. The zero-order valence-electron chi connectivity index (χ0n) is 17.8.